The van der Waals surface area contributed by atoms with E-state index in [0.29, 0.717) is 11.3 Å². The summed E-state index contributed by atoms with van der Waals surface area (Å²) in [5.41, 5.74) is 0.569. The van der Waals surface area contributed by atoms with E-state index in [2.05, 4.69) is 35.9 Å². The maximum atomic E-state index is 12.3. The smallest absolute Gasteiger partial charge is 0.382 e. The highest BCUT2D eigenvalue weighted by Gasteiger charge is 2.38. The van der Waals surface area contributed by atoms with Gasteiger partial charge < -0.3 is 21.1 Å². The van der Waals surface area contributed by atoms with Crippen molar-refractivity contribution < 1.29 is 18.3 Å². The molecule has 0 bridgehead atoms. The van der Waals surface area contributed by atoms with E-state index in [0.717, 1.165) is 0 Å². The number of aliphatic hydroxyl groups excluding tert-OH is 1. The van der Waals surface area contributed by atoms with Crippen LogP contribution in [0.15, 0.2) is 0 Å². The number of nitrogens with one attached hydrogen (secondary N) is 3. The Kier molecular flexibility index (Phi) is 4.90. The molecular formula is C11H13ClF3N7O. The van der Waals surface area contributed by atoms with E-state index >= 15 is 0 Å². The number of halogens is 4. The molecule has 126 valence electrons. The van der Waals surface area contributed by atoms with Gasteiger partial charge in [0.1, 0.15) is 11.0 Å². The fourth-order valence-corrected chi connectivity index (χ4v) is 1.89. The summed E-state index contributed by atoms with van der Waals surface area (Å²) in [6.07, 6.45) is -7.27. The number of fused-ring (bicyclic) bond motifs is 1. The zero-order valence-corrected chi connectivity index (χ0v) is 12.8. The lowest BCUT2D eigenvalue weighted by Crippen LogP contribution is -2.35. The molecule has 4 N–H and O–H groups in total. The monoisotopic (exact) mass is 351 g/mol. The first-order valence-electron chi connectivity index (χ1n) is 6.35. The van der Waals surface area contributed by atoms with Crippen LogP contribution in [0.3, 0.4) is 0 Å². The molecule has 0 aliphatic rings. The molecule has 2 heterocycles. The van der Waals surface area contributed by atoms with Crippen molar-refractivity contribution in [1.29, 1.82) is 0 Å². The average molecular weight is 352 g/mol. The molecule has 0 spiro atoms. The van der Waals surface area contributed by atoms with Gasteiger partial charge in [-0.3, -0.25) is 0 Å². The number of rotatable bonds is 5. The van der Waals surface area contributed by atoms with Gasteiger partial charge in [-0.25, -0.2) is 9.97 Å². The highest BCUT2D eigenvalue weighted by atomic mass is 35.5. The lowest BCUT2D eigenvalue weighted by Gasteiger charge is -2.16. The van der Waals surface area contributed by atoms with E-state index in [1.165, 1.54) is 0 Å². The molecule has 2 aromatic heterocycles. The second-order valence-corrected chi connectivity index (χ2v) is 4.71. The number of alkyl halides is 3. The minimum absolute atomic E-state index is 0.0323. The van der Waals surface area contributed by atoms with Crippen LogP contribution in [0.2, 0.25) is 5.28 Å². The van der Waals surface area contributed by atoms with E-state index in [-0.39, 0.29) is 22.6 Å². The Morgan fingerprint density at radius 1 is 1.04 bits per heavy atom. The average Bonchev–Trinajstić information content (AvgIpc) is 2.50. The summed E-state index contributed by atoms with van der Waals surface area (Å²) in [5, 5.41) is 16.8. The van der Waals surface area contributed by atoms with Crippen LogP contribution < -0.4 is 16.0 Å². The first-order valence-corrected chi connectivity index (χ1v) is 6.73. The minimum atomic E-state index is -4.73. The molecular weight excluding hydrogens is 339 g/mol. The van der Waals surface area contributed by atoms with Gasteiger partial charge >= 0.3 is 6.18 Å². The van der Waals surface area contributed by atoms with Crippen LogP contribution >= 0.6 is 11.6 Å². The molecule has 0 amide bonds. The number of aromatic nitrogens is 4. The number of anilines is 3. The van der Waals surface area contributed by atoms with Crippen LogP contribution in [0.1, 0.15) is 0 Å². The zero-order chi connectivity index (χ0) is 17.2. The molecule has 1 atom stereocenters. The second-order valence-electron chi connectivity index (χ2n) is 4.37. The molecule has 8 nitrogen and oxygen atoms in total. The molecule has 12 heteroatoms. The molecule has 2 rings (SSSR count). The number of aliphatic hydroxyl groups is 1. The molecule has 0 aliphatic carbocycles. The van der Waals surface area contributed by atoms with Crippen LogP contribution in [0.4, 0.5) is 30.8 Å². The molecule has 0 saturated carbocycles. The van der Waals surface area contributed by atoms with Gasteiger partial charge in [-0.1, -0.05) is 0 Å². The summed E-state index contributed by atoms with van der Waals surface area (Å²) in [4.78, 5) is 16.0. The summed E-state index contributed by atoms with van der Waals surface area (Å²) in [6.45, 7) is -0.790. The van der Waals surface area contributed by atoms with Crippen molar-refractivity contribution in [2.24, 2.45) is 0 Å². The quantitative estimate of drug-likeness (QED) is 0.600. The summed E-state index contributed by atoms with van der Waals surface area (Å²) in [5.74, 6) is 0.422. The van der Waals surface area contributed by atoms with Gasteiger partial charge in [-0.15, -0.1) is 0 Å². The zero-order valence-electron chi connectivity index (χ0n) is 12.0. The van der Waals surface area contributed by atoms with E-state index in [1.54, 1.807) is 14.1 Å². The van der Waals surface area contributed by atoms with Crippen LogP contribution in [0.25, 0.3) is 11.0 Å². The van der Waals surface area contributed by atoms with E-state index < -0.39 is 18.8 Å². The first kappa shape index (κ1) is 17.2. The topological polar surface area (TPSA) is 108 Å². The maximum absolute atomic E-state index is 12.3. The summed E-state index contributed by atoms with van der Waals surface area (Å²) in [6, 6.07) is 0. The predicted molar refractivity (Wildman–Crippen MR) is 79.8 cm³/mol. The van der Waals surface area contributed by atoms with Crippen molar-refractivity contribution in [2.75, 3.05) is 36.6 Å². The van der Waals surface area contributed by atoms with Gasteiger partial charge in [0.15, 0.2) is 17.7 Å². The van der Waals surface area contributed by atoms with Gasteiger partial charge in [0.25, 0.3) is 0 Å². The Bertz CT molecular complexity index is 712. The van der Waals surface area contributed by atoms with Gasteiger partial charge in [0, 0.05) is 14.1 Å². The Labute approximate surface area is 133 Å². The van der Waals surface area contributed by atoms with Crippen molar-refractivity contribution in [2.45, 2.75) is 12.3 Å². The van der Waals surface area contributed by atoms with Gasteiger partial charge in [-0.2, -0.15) is 23.1 Å². The maximum Gasteiger partial charge on any atom is 0.416 e. The van der Waals surface area contributed by atoms with Crippen molar-refractivity contribution in [3.05, 3.63) is 5.28 Å². The van der Waals surface area contributed by atoms with Crippen LogP contribution in [0, 0.1) is 0 Å². The third-order valence-electron chi connectivity index (χ3n) is 2.82. The summed E-state index contributed by atoms with van der Waals surface area (Å²) >= 11 is 5.80. The standard InChI is InChI=1S/C11H13ClF3N7O/c1-16-7-6-5(19-9(12)21-7)8(17-2)22-10(20-6)18-3-4(23)11(13,14)15/h4,23H,3H2,1-2H3,(H,16,19,21)(H2,17,18,20,22). The van der Waals surface area contributed by atoms with E-state index in [1.807, 2.05) is 0 Å². The largest absolute Gasteiger partial charge is 0.416 e. The molecule has 0 saturated heterocycles. The number of hydrogen-bond donors (Lipinski definition) is 4. The SMILES string of the molecule is CNc1nc(NCC(O)C(F)(F)F)nc2c(NC)nc(Cl)nc12. The van der Waals surface area contributed by atoms with Crippen molar-refractivity contribution >= 4 is 40.2 Å². The van der Waals surface area contributed by atoms with E-state index in [4.69, 9.17) is 16.7 Å². The van der Waals surface area contributed by atoms with Crippen molar-refractivity contribution in [3.8, 4) is 0 Å². The molecule has 2 aromatic rings. The highest BCUT2D eigenvalue weighted by molar-refractivity contribution is 6.29. The highest BCUT2D eigenvalue weighted by Crippen LogP contribution is 2.26. The molecule has 1 unspecified atom stereocenters. The number of hydrogen-bond acceptors (Lipinski definition) is 8. The third kappa shape index (κ3) is 3.79. The van der Waals surface area contributed by atoms with Crippen molar-refractivity contribution in [1.82, 2.24) is 19.9 Å². The fraction of sp³-hybridized carbons (Fsp3) is 0.455. The van der Waals surface area contributed by atoms with Crippen LogP contribution in [-0.4, -0.2) is 58.0 Å². The van der Waals surface area contributed by atoms with Gasteiger partial charge in [0.05, 0.1) is 6.54 Å². The predicted octanol–water partition coefficient (Wildman–Crippen LogP) is 1.49. The van der Waals surface area contributed by atoms with Crippen molar-refractivity contribution in [3.63, 3.8) is 0 Å². The Morgan fingerprint density at radius 2 is 1.61 bits per heavy atom. The molecule has 0 aliphatic heterocycles. The first-order chi connectivity index (χ1) is 10.8. The second kappa shape index (κ2) is 6.54. The minimum Gasteiger partial charge on any atom is -0.382 e. The van der Waals surface area contributed by atoms with Crippen LogP contribution in [0.5, 0.6) is 0 Å². The molecule has 23 heavy (non-hydrogen) atoms. The summed E-state index contributed by atoms with van der Waals surface area (Å²) < 4.78 is 37.0. The normalized spacial score (nSPS) is 13.0. The van der Waals surface area contributed by atoms with Gasteiger partial charge in [0.2, 0.25) is 11.2 Å². The molecule has 0 radical (unpaired) electrons. The van der Waals surface area contributed by atoms with E-state index in [9.17, 15) is 13.2 Å². The lowest BCUT2D eigenvalue weighted by atomic mass is 10.3. The number of nitrogens with zero attached hydrogens (tertiary/aromatic N) is 4. The third-order valence-corrected chi connectivity index (χ3v) is 2.99. The lowest BCUT2D eigenvalue weighted by molar-refractivity contribution is -0.198. The Balaban J connectivity index is 2.41. The fourth-order valence-electron chi connectivity index (χ4n) is 1.72. The molecule has 0 aromatic carbocycles. The van der Waals surface area contributed by atoms with Crippen LogP contribution in [-0.2, 0) is 0 Å². The molecule has 0 fully saturated rings. The Hall–Kier alpha value is -2.14. The summed E-state index contributed by atoms with van der Waals surface area (Å²) in [7, 11) is 3.14. The van der Waals surface area contributed by atoms with Gasteiger partial charge in [-0.05, 0) is 11.6 Å². The Morgan fingerprint density at radius 3 is 2.17 bits per heavy atom.